The Kier molecular flexibility index (Phi) is 5.27. The van der Waals surface area contributed by atoms with Crippen LogP contribution < -0.4 is 0 Å². The highest BCUT2D eigenvalue weighted by Crippen LogP contribution is 2.27. The van der Waals surface area contributed by atoms with Crippen molar-refractivity contribution in [3.05, 3.63) is 11.6 Å². The molecule has 0 aliphatic carbocycles. The largest absolute Gasteiger partial charge is 0.396 e. The summed E-state index contributed by atoms with van der Waals surface area (Å²) in [6, 6.07) is 0. The summed E-state index contributed by atoms with van der Waals surface area (Å²) in [5, 5.41) is 17.7. The standard InChI is InChI=1S/C16H27N5O2/c1-19-14(12-20-7-2-3-8-20)17-18-16(19)13-4-9-21(10-5-13)15(23)6-11-22/h13,22H,2-12H2,1H3. The molecule has 7 nitrogen and oxygen atoms in total. The second-order valence-electron chi connectivity index (χ2n) is 6.65. The van der Waals surface area contributed by atoms with Crippen LogP contribution in [0, 0.1) is 0 Å². The first kappa shape index (κ1) is 16.4. The number of rotatable bonds is 5. The van der Waals surface area contributed by atoms with Crippen LogP contribution in [0.15, 0.2) is 0 Å². The fourth-order valence-corrected chi connectivity index (χ4v) is 3.65. The molecule has 128 valence electrons. The van der Waals surface area contributed by atoms with E-state index in [4.69, 9.17) is 5.11 Å². The van der Waals surface area contributed by atoms with Crippen LogP contribution in [-0.2, 0) is 18.4 Å². The van der Waals surface area contributed by atoms with Crippen LogP contribution in [0.5, 0.6) is 0 Å². The maximum absolute atomic E-state index is 11.8. The number of aliphatic hydroxyl groups is 1. The quantitative estimate of drug-likeness (QED) is 0.855. The zero-order chi connectivity index (χ0) is 16.2. The Balaban J connectivity index is 1.58. The van der Waals surface area contributed by atoms with Crippen LogP contribution >= 0.6 is 0 Å². The summed E-state index contributed by atoms with van der Waals surface area (Å²) >= 11 is 0. The molecule has 1 aromatic heterocycles. The van der Waals surface area contributed by atoms with Gasteiger partial charge in [-0.3, -0.25) is 9.69 Å². The first-order chi connectivity index (χ1) is 11.2. The number of likely N-dealkylation sites (tertiary alicyclic amines) is 2. The van der Waals surface area contributed by atoms with E-state index in [0.717, 1.165) is 57.2 Å². The monoisotopic (exact) mass is 321 g/mol. The molecular weight excluding hydrogens is 294 g/mol. The van der Waals surface area contributed by atoms with Crippen molar-refractivity contribution in [2.24, 2.45) is 7.05 Å². The summed E-state index contributed by atoms with van der Waals surface area (Å²) < 4.78 is 2.15. The average molecular weight is 321 g/mol. The molecule has 0 unspecified atom stereocenters. The lowest BCUT2D eigenvalue weighted by Crippen LogP contribution is -2.38. The van der Waals surface area contributed by atoms with Gasteiger partial charge in [-0.15, -0.1) is 10.2 Å². The minimum Gasteiger partial charge on any atom is -0.396 e. The van der Waals surface area contributed by atoms with E-state index in [1.807, 2.05) is 4.90 Å². The minimum atomic E-state index is -0.0676. The number of aliphatic hydroxyl groups excluding tert-OH is 1. The first-order valence-electron chi connectivity index (χ1n) is 8.68. The number of nitrogens with zero attached hydrogens (tertiary/aromatic N) is 5. The fourth-order valence-electron chi connectivity index (χ4n) is 3.65. The van der Waals surface area contributed by atoms with E-state index < -0.39 is 0 Å². The van der Waals surface area contributed by atoms with Crippen molar-refractivity contribution in [3.63, 3.8) is 0 Å². The molecule has 7 heteroatoms. The van der Waals surface area contributed by atoms with E-state index in [1.165, 1.54) is 12.8 Å². The third-order valence-electron chi connectivity index (χ3n) is 5.10. The van der Waals surface area contributed by atoms with Crippen LogP contribution in [0.1, 0.15) is 49.7 Å². The van der Waals surface area contributed by atoms with Crippen molar-refractivity contribution < 1.29 is 9.90 Å². The van der Waals surface area contributed by atoms with Crippen molar-refractivity contribution >= 4 is 5.91 Å². The van der Waals surface area contributed by atoms with Gasteiger partial charge < -0.3 is 14.6 Å². The maximum Gasteiger partial charge on any atom is 0.224 e. The summed E-state index contributed by atoms with van der Waals surface area (Å²) in [6.07, 6.45) is 4.64. The molecule has 0 atom stereocenters. The third kappa shape index (κ3) is 3.72. The summed E-state index contributed by atoms with van der Waals surface area (Å²) in [5.41, 5.74) is 0. The molecule has 3 rings (SSSR count). The zero-order valence-electron chi connectivity index (χ0n) is 13.9. The van der Waals surface area contributed by atoms with Gasteiger partial charge in [-0.05, 0) is 38.8 Å². The van der Waals surface area contributed by atoms with Crippen molar-refractivity contribution in [2.75, 3.05) is 32.8 Å². The van der Waals surface area contributed by atoms with E-state index in [-0.39, 0.29) is 18.9 Å². The number of carbonyl (C=O) groups is 1. The lowest BCUT2D eigenvalue weighted by atomic mass is 9.95. The van der Waals surface area contributed by atoms with Gasteiger partial charge >= 0.3 is 0 Å². The third-order valence-corrected chi connectivity index (χ3v) is 5.10. The number of amides is 1. The van der Waals surface area contributed by atoms with E-state index >= 15 is 0 Å². The number of aromatic nitrogens is 3. The zero-order valence-corrected chi connectivity index (χ0v) is 13.9. The molecule has 2 aliphatic heterocycles. The lowest BCUT2D eigenvalue weighted by molar-refractivity contribution is -0.132. The normalized spacial score (nSPS) is 20.3. The Labute approximate surface area is 137 Å². The molecule has 2 saturated heterocycles. The van der Waals surface area contributed by atoms with Gasteiger partial charge in [0.1, 0.15) is 11.6 Å². The lowest BCUT2D eigenvalue weighted by Gasteiger charge is -2.31. The summed E-state index contributed by atoms with van der Waals surface area (Å²) in [5.74, 6) is 2.52. The topological polar surface area (TPSA) is 74.5 Å². The van der Waals surface area contributed by atoms with Crippen LogP contribution in [0.4, 0.5) is 0 Å². The number of piperidine rings is 1. The molecule has 0 spiro atoms. The predicted molar refractivity (Wildman–Crippen MR) is 85.8 cm³/mol. The average Bonchev–Trinajstić information content (AvgIpc) is 3.19. The van der Waals surface area contributed by atoms with E-state index in [0.29, 0.717) is 5.92 Å². The molecule has 0 bridgehead atoms. The predicted octanol–water partition coefficient (Wildman–Crippen LogP) is 0.499. The molecule has 1 N–H and O–H groups in total. The second kappa shape index (κ2) is 7.40. The van der Waals surface area contributed by atoms with E-state index in [1.54, 1.807) is 0 Å². The summed E-state index contributed by atoms with van der Waals surface area (Å²) in [6.45, 7) is 4.63. The Morgan fingerprint density at radius 1 is 1.17 bits per heavy atom. The van der Waals surface area contributed by atoms with Crippen LogP contribution in [0.3, 0.4) is 0 Å². The molecule has 2 aliphatic rings. The van der Waals surface area contributed by atoms with Crippen LogP contribution in [0.2, 0.25) is 0 Å². The van der Waals surface area contributed by atoms with Crippen molar-refractivity contribution in [1.29, 1.82) is 0 Å². The molecule has 0 aromatic carbocycles. The van der Waals surface area contributed by atoms with Gasteiger partial charge in [0.25, 0.3) is 0 Å². The minimum absolute atomic E-state index is 0.0543. The summed E-state index contributed by atoms with van der Waals surface area (Å²) in [7, 11) is 2.06. The Morgan fingerprint density at radius 3 is 2.52 bits per heavy atom. The number of hydrogen-bond acceptors (Lipinski definition) is 5. The van der Waals surface area contributed by atoms with Gasteiger partial charge in [0.2, 0.25) is 5.91 Å². The molecule has 1 amide bonds. The molecule has 3 heterocycles. The van der Waals surface area contributed by atoms with Crippen molar-refractivity contribution in [3.8, 4) is 0 Å². The van der Waals surface area contributed by atoms with Crippen molar-refractivity contribution in [1.82, 2.24) is 24.6 Å². The fraction of sp³-hybridized carbons (Fsp3) is 0.812. The van der Waals surface area contributed by atoms with Crippen LogP contribution in [0.25, 0.3) is 0 Å². The Bertz CT molecular complexity index is 531. The number of hydrogen-bond donors (Lipinski definition) is 1. The molecular formula is C16H27N5O2. The molecule has 2 fully saturated rings. The summed E-state index contributed by atoms with van der Waals surface area (Å²) in [4.78, 5) is 16.1. The van der Waals surface area contributed by atoms with Gasteiger partial charge in [0.15, 0.2) is 0 Å². The van der Waals surface area contributed by atoms with Gasteiger partial charge in [-0.2, -0.15) is 0 Å². The second-order valence-corrected chi connectivity index (χ2v) is 6.65. The molecule has 0 radical (unpaired) electrons. The smallest absolute Gasteiger partial charge is 0.224 e. The van der Waals surface area contributed by atoms with Crippen LogP contribution in [-0.4, -0.2) is 68.4 Å². The van der Waals surface area contributed by atoms with Crippen molar-refractivity contribution in [2.45, 2.75) is 44.6 Å². The molecule has 1 aromatic rings. The SMILES string of the molecule is Cn1c(CN2CCCC2)nnc1C1CCN(C(=O)CCO)CC1. The van der Waals surface area contributed by atoms with E-state index in [2.05, 4.69) is 26.7 Å². The van der Waals surface area contributed by atoms with E-state index in [9.17, 15) is 4.79 Å². The highest BCUT2D eigenvalue weighted by atomic mass is 16.3. The number of carbonyl (C=O) groups excluding carboxylic acids is 1. The molecule has 23 heavy (non-hydrogen) atoms. The van der Waals surface area contributed by atoms with Gasteiger partial charge in [0.05, 0.1) is 13.2 Å². The molecule has 0 saturated carbocycles. The van der Waals surface area contributed by atoms with Gasteiger partial charge in [0, 0.05) is 32.5 Å². The highest BCUT2D eigenvalue weighted by Gasteiger charge is 2.27. The Hall–Kier alpha value is -1.47. The maximum atomic E-state index is 11.8. The van der Waals surface area contributed by atoms with Gasteiger partial charge in [-0.1, -0.05) is 0 Å². The first-order valence-corrected chi connectivity index (χ1v) is 8.68. The highest BCUT2D eigenvalue weighted by molar-refractivity contribution is 5.76. The Morgan fingerprint density at radius 2 is 1.87 bits per heavy atom. The van der Waals surface area contributed by atoms with Gasteiger partial charge in [-0.25, -0.2) is 0 Å².